The van der Waals surface area contributed by atoms with Crippen molar-refractivity contribution in [2.75, 3.05) is 11.5 Å². The van der Waals surface area contributed by atoms with E-state index in [1.165, 1.54) is 0 Å². The van der Waals surface area contributed by atoms with Crippen molar-refractivity contribution in [1.29, 1.82) is 0 Å². The molecule has 0 aliphatic carbocycles. The molecule has 6 heteroatoms. The van der Waals surface area contributed by atoms with Gasteiger partial charge in [-0.25, -0.2) is 8.42 Å². The largest absolute Gasteiger partial charge is 0.487 e. The van der Waals surface area contributed by atoms with Gasteiger partial charge in [-0.1, -0.05) is 0 Å². The molecule has 1 aromatic heterocycles. The van der Waals surface area contributed by atoms with Crippen LogP contribution < -0.4 is 10.5 Å². The summed E-state index contributed by atoms with van der Waals surface area (Å²) in [6.45, 7) is 2.17. The van der Waals surface area contributed by atoms with Crippen molar-refractivity contribution in [3.8, 4) is 5.75 Å². The number of hydrogen-bond acceptors (Lipinski definition) is 5. The summed E-state index contributed by atoms with van der Waals surface area (Å²) in [6.07, 6.45) is 0.273. The summed E-state index contributed by atoms with van der Waals surface area (Å²) in [7, 11) is -2.92. The number of aryl methyl sites for hydroxylation is 1. The Kier molecular flexibility index (Phi) is 3.35. The Morgan fingerprint density at radius 3 is 2.88 bits per heavy atom. The second-order valence-electron chi connectivity index (χ2n) is 4.24. The predicted molar refractivity (Wildman–Crippen MR) is 64.6 cm³/mol. The number of nitrogens with two attached hydrogens (primary N) is 1. The van der Waals surface area contributed by atoms with Crippen molar-refractivity contribution in [1.82, 2.24) is 4.98 Å². The van der Waals surface area contributed by atoms with E-state index in [-0.39, 0.29) is 24.2 Å². The van der Waals surface area contributed by atoms with Crippen molar-refractivity contribution in [3.63, 3.8) is 0 Å². The topological polar surface area (TPSA) is 82.3 Å². The fourth-order valence-corrected chi connectivity index (χ4v) is 3.47. The number of ether oxygens (including phenoxy) is 1. The number of aromatic nitrogens is 1. The number of hydrogen-bond donors (Lipinski definition) is 1. The van der Waals surface area contributed by atoms with Gasteiger partial charge in [0.2, 0.25) is 0 Å². The Balaban J connectivity index is 2.14. The fraction of sp³-hybridized carbons (Fsp3) is 0.545. The maximum Gasteiger partial charge on any atom is 0.154 e. The highest BCUT2D eigenvalue weighted by molar-refractivity contribution is 7.91. The van der Waals surface area contributed by atoms with Gasteiger partial charge in [0, 0.05) is 12.2 Å². The lowest BCUT2D eigenvalue weighted by Crippen LogP contribution is -2.19. The molecule has 0 bridgehead atoms. The molecular weight excluding hydrogens is 240 g/mol. The molecule has 1 saturated heterocycles. The van der Waals surface area contributed by atoms with E-state index in [4.69, 9.17) is 10.5 Å². The molecule has 1 aliphatic heterocycles. The van der Waals surface area contributed by atoms with Crippen molar-refractivity contribution in [3.05, 3.63) is 23.5 Å². The lowest BCUT2D eigenvalue weighted by molar-refractivity contribution is 0.225. The first-order valence-electron chi connectivity index (χ1n) is 5.54. The maximum absolute atomic E-state index is 11.3. The molecule has 5 nitrogen and oxygen atoms in total. The Morgan fingerprint density at radius 2 is 2.29 bits per heavy atom. The predicted octanol–water partition coefficient (Wildman–Crippen LogP) is 0.415. The highest BCUT2D eigenvalue weighted by Crippen LogP contribution is 2.22. The van der Waals surface area contributed by atoms with Crippen molar-refractivity contribution in [2.24, 2.45) is 5.73 Å². The van der Waals surface area contributed by atoms with Crippen LogP contribution in [0, 0.1) is 6.92 Å². The zero-order chi connectivity index (χ0) is 12.5. The van der Waals surface area contributed by atoms with Crippen LogP contribution in [0.2, 0.25) is 0 Å². The highest BCUT2D eigenvalue weighted by atomic mass is 32.2. The Morgan fingerprint density at radius 1 is 1.53 bits per heavy atom. The summed E-state index contributed by atoms with van der Waals surface area (Å²) in [5.41, 5.74) is 7.13. The van der Waals surface area contributed by atoms with E-state index in [0.29, 0.717) is 17.9 Å². The third kappa shape index (κ3) is 2.95. The molecule has 2 rings (SSSR count). The molecule has 1 aliphatic rings. The Hall–Kier alpha value is -1.14. The number of nitrogens with zero attached hydrogens (tertiary/aromatic N) is 1. The molecule has 1 unspecified atom stereocenters. The van der Waals surface area contributed by atoms with E-state index in [2.05, 4.69) is 4.98 Å². The molecule has 2 N–H and O–H groups in total. The number of rotatable bonds is 3. The van der Waals surface area contributed by atoms with Crippen LogP contribution in [0.3, 0.4) is 0 Å². The van der Waals surface area contributed by atoms with Crippen LogP contribution in [0.15, 0.2) is 12.1 Å². The van der Waals surface area contributed by atoms with Gasteiger partial charge in [-0.15, -0.1) is 0 Å². The molecule has 0 amide bonds. The lowest BCUT2D eigenvalue weighted by Gasteiger charge is -2.14. The smallest absolute Gasteiger partial charge is 0.154 e. The Bertz CT molecular complexity index is 513. The van der Waals surface area contributed by atoms with Gasteiger partial charge in [0.15, 0.2) is 9.84 Å². The van der Waals surface area contributed by atoms with Gasteiger partial charge in [0.25, 0.3) is 0 Å². The normalized spacial score (nSPS) is 22.6. The molecular formula is C11H16N2O3S. The van der Waals surface area contributed by atoms with E-state index in [1.807, 2.05) is 13.0 Å². The third-order valence-corrected chi connectivity index (χ3v) is 4.49. The SMILES string of the molecule is Cc1ccc(OC2CCS(=O)(=O)C2)c(CN)n1. The van der Waals surface area contributed by atoms with Crippen molar-refractivity contribution < 1.29 is 13.2 Å². The van der Waals surface area contributed by atoms with Gasteiger partial charge in [0.05, 0.1) is 17.2 Å². The monoisotopic (exact) mass is 256 g/mol. The van der Waals surface area contributed by atoms with Gasteiger partial charge in [0.1, 0.15) is 11.9 Å². The van der Waals surface area contributed by atoms with E-state index >= 15 is 0 Å². The van der Waals surface area contributed by atoms with Crippen LogP contribution in [0.1, 0.15) is 17.8 Å². The average molecular weight is 256 g/mol. The van der Waals surface area contributed by atoms with E-state index in [9.17, 15) is 8.42 Å². The van der Waals surface area contributed by atoms with E-state index < -0.39 is 9.84 Å². The van der Waals surface area contributed by atoms with Crippen molar-refractivity contribution >= 4 is 9.84 Å². The molecule has 17 heavy (non-hydrogen) atoms. The minimum atomic E-state index is -2.92. The summed E-state index contributed by atoms with van der Waals surface area (Å²) >= 11 is 0. The van der Waals surface area contributed by atoms with Crippen LogP contribution in [0.5, 0.6) is 5.75 Å². The second kappa shape index (κ2) is 4.62. The zero-order valence-electron chi connectivity index (χ0n) is 9.72. The minimum Gasteiger partial charge on any atom is -0.487 e. The molecule has 0 spiro atoms. The number of pyridine rings is 1. The zero-order valence-corrected chi connectivity index (χ0v) is 10.5. The van der Waals surface area contributed by atoms with E-state index in [0.717, 1.165) is 5.69 Å². The summed E-state index contributed by atoms with van der Waals surface area (Å²) in [5, 5.41) is 0. The first-order valence-corrected chi connectivity index (χ1v) is 7.36. The van der Waals surface area contributed by atoms with Gasteiger partial charge in [-0.05, 0) is 25.5 Å². The molecule has 1 fully saturated rings. The lowest BCUT2D eigenvalue weighted by atomic mass is 10.2. The van der Waals surface area contributed by atoms with Gasteiger partial charge < -0.3 is 10.5 Å². The summed E-state index contributed by atoms with van der Waals surface area (Å²) in [4.78, 5) is 4.27. The molecule has 0 radical (unpaired) electrons. The van der Waals surface area contributed by atoms with Gasteiger partial charge in [-0.3, -0.25) is 4.98 Å². The van der Waals surface area contributed by atoms with Gasteiger partial charge >= 0.3 is 0 Å². The van der Waals surface area contributed by atoms with Gasteiger partial charge in [-0.2, -0.15) is 0 Å². The summed E-state index contributed by atoms with van der Waals surface area (Å²) in [6, 6.07) is 3.63. The van der Waals surface area contributed by atoms with Crippen LogP contribution in [-0.4, -0.2) is 31.0 Å². The summed E-state index contributed by atoms with van der Waals surface area (Å²) < 4.78 is 28.3. The first kappa shape index (κ1) is 12.3. The minimum absolute atomic E-state index is 0.0882. The van der Waals surface area contributed by atoms with Crippen LogP contribution in [0.4, 0.5) is 0 Å². The average Bonchev–Trinajstić information content (AvgIpc) is 2.61. The third-order valence-electron chi connectivity index (χ3n) is 2.75. The van der Waals surface area contributed by atoms with Crippen molar-refractivity contribution in [2.45, 2.75) is 26.0 Å². The number of sulfone groups is 1. The standard InChI is InChI=1S/C11H16N2O3S/c1-8-2-3-11(10(6-12)13-8)16-9-4-5-17(14,15)7-9/h2-3,9H,4-7,12H2,1H3. The molecule has 94 valence electrons. The van der Waals surface area contributed by atoms with Crippen LogP contribution in [0.25, 0.3) is 0 Å². The molecule has 0 aromatic carbocycles. The van der Waals surface area contributed by atoms with E-state index in [1.54, 1.807) is 6.07 Å². The molecule has 1 aromatic rings. The summed E-state index contributed by atoms with van der Waals surface area (Å²) in [5.74, 6) is 0.889. The van der Waals surface area contributed by atoms with Crippen LogP contribution >= 0.6 is 0 Å². The first-order chi connectivity index (χ1) is 8.00. The molecule has 0 saturated carbocycles. The molecule has 2 heterocycles. The Labute approximate surface area is 101 Å². The molecule has 1 atom stereocenters. The maximum atomic E-state index is 11.3. The second-order valence-corrected chi connectivity index (χ2v) is 6.47. The fourth-order valence-electron chi connectivity index (χ4n) is 1.88. The quantitative estimate of drug-likeness (QED) is 0.847. The van der Waals surface area contributed by atoms with Crippen LogP contribution in [-0.2, 0) is 16.4 Å². The highest BCUT2D eigenvalue weighted by Gasteiger charge is 2.29.